The fourth-order valence-corrected chi connectivity index (χ4v) is 3.34. The zero-order valence-corrected chi connectivity index (χ0v) is 16.5. The monoisotopic (exact) mass is 414 g/mol. The summed E-state index contributed by atoms with van der Waals surface area (Å²) in [5, 5.41) is 15.1. The second-order valence-electron chi connectivity index (χ2n) is 6.25. The molecule has 9 nitrogen and oxygen atoms in total. The molecule has 0 aliphatic carbocycles. The fourth-order valence-electron chi connectivity index (χ4n) is 2.70. The van der Waals surface area contributed by atoms with Gasteiger partial charge >= 0.3 is 0 Å². The molecule has 1 aromatic heterocycles. The van der Waals surface area contributed by atoms with Gasteiger partial charge in [0.2, 0.25) is 10.0 Å². The van der Waals surface area contributed by atoms with Crippen LogP contribution in [0.3, 0.4) is 0 Å². The van der Waals surface area contributed by atoms with Crippen LogP contribution in [0.15, 0.2) is 59.4 Å². The van der Waals surface area contributed by atoms with E-state index in [1.165, 1.54) is 35.0 Å². The standard InChI is InChI=1S/C19H18N4O5S/c1-3-29(27,28)21-15-6-4-14(5-7-15)18-12-19(24)22(20-13(18)2)16-8-10-17(11-9-16)23(25)26/h4-12,21H,3H2,1-2H3. The lowest BCUT2D eigenvalue weighted by Crippen LogP contribution is -2.21. The maximum Gasteiger partial charge on any atom is 0.272 e. The number of nitro benzene ring substituents is 1. The first-order chi connectivity index (χ1) is 13.7. The summed E-state index contributed by atoms with van der Waals surface area (Å²) < 4.78 is 26.9. The first kappa shape index (κ1) is 20.2. The lowest BCUT2D eigenvalue weighted by atomic mass is 10.1. The molecule has 3 rings (SSSR count). The first-order valence-corrected chi connectivity index (χ1v) is 10.3. The molecule has 3 aromatic rings. The van der Waals surface area contributed by atoms with Crippen LogP contribution in [-0.4, -0.2) is 28.9 Å². The zero-order chi connectivity index (χ0) is 21.2. The molecule has 0 aliphatic rings. The number of aryl methyl sites for hydroxylation is 1. The highest BCUT2D eigenvalue weighted by molar-refractivity contribution is 7.92. The highest BCUT2D eigenvalue weighted by Gasteiger charge is 2.12. The number of aromatic nitrogens is 2. The SMILES string of the molecule is CCS(=O)(=O)Nc1ccc(-c2cc(=O)n(-c3ccc([N+](=O)[O-])cc3)nc2C)cc1. The molecule has 0 spiro atoms. The Morgan fingerprint density at radius 3 is 2.28 bits per heavy atom. The molecule has 0 saturated carbocycles. The van der Waals surface area contributed by atoms with Crippen LogP contribution in [0, 0.1) is 17.0 Å². The van der Waals surface area contributed by atoms with E-state index < -0.39 is 20.5 Å². The van der Waals surface area contributed by atoms with Crippen LogP contribution >= 0.6 is 0 Å². The number of hydrogen-bond donors (Lipinski definition) is 1. The molecule has 0 radical (unpaired) electrons. The van der Waals surface area contributed by atoms with E-state index >= 15 is 0 Å². The van der Waals surface area contributed by atoms with Crippen LogP contribution < -0.4 is 10.3 Å². The summed E-state index contributed by atoms with van der Waals surface area (Å²) in [5.74, 6) is -0.0291. The van der Waals surface area contributed by atoms with Gasteiger partial charge in [-0.2, -0.15) is 9.78 Å². The van der Waals surface area contributed by atoms with Crippen LogP contribution in [-0.2, 0) is 10.0 Å². The largest absolute Gasteiger partial charge is 0.284 e. The van der Waals surface area contributed by atoms with Gasteiger partial charge in [0.25, 0.3) is 11.2 Å². The van der Waals surface area contributed by atoms with Gasteiger partial charge in [-0.1, -0.05) is 12.1 Å². The second-order valence-corrected chi connectivity index (χ2v) is 8.26. The molecular weight excluding hydrogens is 396 g/mol. The van der Waals surface area contributed by atoms with Gasteiger partial charge in [-0.3, -0.25) is 19.6 Å². The van der Waals surface area contributed by atoms with Crippen LogP contribution in [0.2, 0.25) is 0 Å². The Kier molecular flexibility index (Phi) is 5.46. The van der Waals surface area contributed by atoms with Crippen molar-refractivity contribution in [1.82, 2.24) is 9.78 Å². The van der Waals surface area contributed by atoms with Gasteiger partial charge in [0.1, 0.15) is 0 Å². The van der Waals surface area contributed by atoms with E-state index in [1.807, 2.05) is 0 Å². The number of nitrogens with one attached hydrogen (secondary N) is 1. The topological polar surface area (TPSA) is 124 Å². The van der Waals surface area contributed by atoms with Crippen molar-refractivity contribution in [3.63, 3.8) is 0 Å². The number of rotatable bonds is 6. The van der Waals surface area contributed by atoms with Gasteiger partial charge in [-0.15, -0.1) is 0 Å². The summed E-state index contributed by atoms with van der Waals surface area (Å²) in [6, 6.07) is 13.6. The zero-order valence-electron chi connectivity index (χ0n) is 15.7. The summed E-state index contributed by atoms with van der Waals surface area (Å²) in [4.78, 5) is 22.8. The minimum Gasteiger partial charge on any atom is -0.284 e. The Bertz CT molecular complexity index is 1220. The smallest absolute Gasteiger partial charge is 0.272 e. The van der Waals surface area contributed by atoms with Crippen molar-refractivity contribution in [2.75, 3.05) is 10.5 Å². The molecule has 0 saturated heterocycles. The van der Waals surface area contributed by atoms with Crippen LogP contribution in [0.1, 0.15) is 12.6 Å². The molecule has 0 atom stereocenters. The van der Waals surface area contributed by atoms with Gasteiger partial charge in [0.05, 0.1) is 22.1 Å². The van der Waals surface area contributed by atoms with Gasteiger partial charge in [0.15, 0.2) is 0 Å². The average Bonchev–Trinajstić information content (AvgIpc) is 2.70. The maximum absolute atomic E-state index is 12.6. The van der Waals surface area contributed by atoms with E-state index in [1.54, 1.807) is 38.1 Å². The number of non-ortho nitro benzene ring substituents is 1. The normalized spacial score (nSPS) is 11.2. The molecular formula is C19H18N4O5S. The summed E-state index contributed by atoms with van der Waals surface area (Å²) >= 11 is 0. The minimum atomic E-state index is -3.37. The lowest BCUT2D eigenvalue weighted by Gasteiger charge is -2.11. The molecule has 1 N–H and O–H groups in total. The number of benzene rings is 2. The molecule has 150 valence electrons. The van der Waals surface area contributed by atoms with Crippen LogP contribution in [0.25, 0.3) is 16.8 Å². The number of hydrogen-bond acceptors (Lipinski definition) is 6. The van der Waals surface area contributed by atoms with E-state index in [0.717, 1.165) is 0 Å². The highest BCUT2D eigenvalue weighted by atomic mass is 32.2. The van der Waals surface area contributed by atoms with Gasteiger partial charge < -0.3 is 0 Å². The highest BCUT2D eigenvalue weighted by Crippen LogP contribution is 2.23. The maximum atomic E-state index is 12.6. The van der Waals surface area contributed by atoms with Crippen LogP contribution in [0.5, 0.6) is 0 Å². The molecule has 0 unspecified atom stereocenters. The minimum absolute atomic E-state index is 0.0291. The Labute approximate surface area is 166 Å². The quantitative estimate of drug-likeness (QED) is 0.488. The van der Waals surface area contributed by atoms with Crippen molar-refractivity contribution in [3.05, 3.63) is 80.8 Å². The van der Waals surface area contributed by atoms with Crippen molar-refractivity contribution in [3.8, 4) is 16.8 Å². The third-order valence-electron chi connectivity index (χ3n) is 4.27. The van der Waals surface area contributed by atoms with E-state index in [2.05, 4.69) is 9.82 Å². The molecule has 0 aliphatic heterocycles. The summed E-state index contributed by atoms with van der Waals surface area (Å²) in [6.45, 7) is 3.29. The molecule has 0 amide bonds. The Morgan fingerprint density at radius 1 is 1.10 bits per heavy atom. The Morgan fingerprint density at radius 2 is 1.72 bits per heavy atom. The van der Waals surface area contributed by atoms with Crippen molar-refractivity contribution in [2.24, 2.45) is 0 Å². The molecule has 0 bridgehead atoms. The average molecular weight is 414 g/mol. The fraction of sp³-hybridized carbons (Fsp3) is 0.158. The summed E-state index contributed by atoms with van der Waals surface area (Å²) in [7, 11) is -3.37. The molecule has 10 heteroatoms. The number of nitro groups is 1. The molecule has 29 heavy (non-hydrogen) atoms. The predicted molar refractivity (Wildman–Crippen MR) is 110 cm³/mol. The van der Waals surface area contributed by atoms with Gasteiger partial charge in [0, 0.05) is 29.4 Å². The summed E-state index contributed by atoms with van der Waals surface area (Å²) in [6.07, 6.45) is 0. The molecule has 1 heterocycles. The van der Waals surface area contributed by atoms with Crippen molar-refractivity contribution in [2.45, 2.75) is 13.8 Å². The van der Waals surface area contributed by atoms with Gasteiger partial charge in [-0.05, 0) is 43.7 Å². The third kappa shape index (κ3) is 4.49. The summed E-state index contributed by atoms with van der Waals surface area (Å²) in [5.41, 5.74) is 2.27. The van der Waals surface area contributed by atoms with Crippen molar-refractivity contribution in [1.29, 1.82) is 0 Å². The van der Waals surface area contributed by atoms with E-state index in [4.69, 9.17) is 0 Å². The Balaban J connectivity index is 1.93. The molecule has 2 aromatic carbocycles. The number of anilines is 1. The molecule has 0 fully saturated rings. The third-order valence-corrected chi connectivity index (χ3v) is 5.58. The first-order valence-electron chi connectivity index (χ1n) is 8.67. The second kappa shape index (κ2) is 7.84. The number of sulfonamides is 1. The van der Waals surface area contributed by atoms with Crippen molar-refractivity contribution < 1.29 is 13.3 Å². The Hall–Kier alpha value is -3.53. The van der Waals surface area contributed by atoms with Gasteiger partial charge in [-0.25, -0.2) is 8.42 Å². The lowest BCUT2D eigenvalue weighted by molar-refractivity contribution is -0.384. The predicted octanol–water partition coefficient (Wildman–Crippen LogP) is 2.88. The number of nitrogens with zero attached hydrogens (tertiary/aromatic N) is 3. The van der Waals surface area contributed by atoms with E-state index in [0.29, 0.717) is 28.2 Å². The van der Waals surface area contributed by atoms with E-state index in [-0.39, 0.29) is 11.4 Å². The van der Waals surface area contributed by atoms with Crippen molar-refractivity contribution >= 4 is 21.4 Å². The van der Waals surface area contributed by atoms with E-state index in [9.17, 15) is 23.3 Å². The van der Waals surface area contributed by atoms with Crippen LogP contribution in [0.4, 0.5) is 11.4 Å².